The fourth-order valence-electron chi connectivity index (χ4n) is 1.03. The van der Waals surface area contributed by atoms with Crippen LogP contribution >= 0.6 is 23.0 Å². The molecule has 1 aliphatic rings. The zero-order valence-corrected chi connectivity index (χ0v) is 7.63. The van der Waals surface area contributed by atoms with Crippen molar-refractivity contribution in [3.8, 4) is 0 Å². The van der Waals surface area contributed by atoms with Crippen molar-refractivity contribution in [1.29, 1.82) is 0 Å². The summed E-state index contributed by atoms with van der Waals surface area (Å²) in [5, 5.41) is 0. The SMILES string of the molecule is CC(OI)C1CCCO1. The van der Waals surface area contributed by atoms with E-state index in [1.807, 2.05) is 29.9 Å². The van der Waals surface area contributed by atoms with Crippen molar-refractivity contribution >= 4 is 23.0 Å². The lowest BCUT2D eigenvalue weighted by Crippen LogP contribution is -2.21. The Kier molecular flexibility index (Phi) is 3.21. The van der Waals surface area contributed by atoms with Crippen LogP contribution in [0.3, 0.4) is 0 Å². The quantitative estimate of drug-likeness (QED) is 0.688. The van der Waals surface area contributed by atoms with Crippen LogP contribution in [0.25, 0.3) is 0 Å². The molecule has 1 heterocycles. The Morgan fingerprint density at radius 1 is 1.78 bits per heavy atom. The average Bonchev–Trinajstić information content (AvgIpc) is 2.37. The van der Waals surface area contributed by atoms with Crippen LogP contribution in [-0.4, -0.2) is 18.8 Å². The fourth-order valence-corrected chi connectivity index (χ4v) is 1.36. The minimum atomic E-state index is 0.257. The Bertz CT molecular complexity index is 81.1. The van der Waals surface area contributed by atoms with Gasteiger partial charge in [-0.05, 0) is 19.8 Å². The van der Waals surface area contributed by atoms with E-state index in [-0.39, 0.29) is 6.10 Å². The largest absolute Gasteiger partial charge is 0.375 e. The highest BCUT2D eigenvalue weighted by molar-refractivity contribution is 14.1. The fraction of sp³-hybridized carbons (Fsp3) is 1.00. The van der Waals surface area contributed by atoms with E-state index >= 15 is 0 Å². The van der Waals surface area contributed by atoms with Gasteiger partial charge in [-0.15, -0.1) is 0 Å². The Labute approximate surface area is 69.6 Å². The second-order valence-corrected chi connectivity index (χ2v) is 2.85. The van der Waals surface area contributed by atoms with Gasteiger partial charge in [0, 0.05) is 6.61 Å². The lowest BCUT2D eigenvalue weighted by molar-refractivity contribution is 0.0405. The Balaban J connectivity index is 2.24. The van der Waals surface area contributed by atoms with Crippen molar-refractivity contribution in [3.63, 3.8) is 0 Å². The molecule has 0 saturated carbocycles. The topological polar surface area (TPSA) is 18.5 Å². The normalized spacial score (nSPS) is 30.7. The first-order valence-corrected chi connectivity index (χ1v) is 4.11. The summed E-state index contributed by atoms with van der Waals surface area (Å²) in [6, 6.07) is 0. The van der Waals surface area contributed by atoms with Crippen LogP contribution in [0.4, 0.5) is 0 Å². The van der Waals surface area contributed by atoms with E-state index in [1.165, 1.54) is 6.42 Å². The monoisotopic (exact) mass is 242 g/mol. The molecule has 2 atom stereocenters. The van der Waals surface area contributed by atoms with Crippen molar-refractivity contribution in [2.45, 2.75) is 32.0 Å². The lowest BCUT2D eigenvalue weighted by atomic mass is 10.2. The van der Waals surface area contributed by atoms with Crippen LogP contribution in [0.2, 0.25) is 0 Å². The third-order valence-electron chi connectivity index (χ3n) is 1.63. The van der Waals surface area contributed by atoms with Gasteiger partial charge in [0.2, 0.25) is 0 Å². The number of hydrogen-bond acceptors (Lipinski definition) is 2. The van der Waals surface area contributed by atoms with E-state index in [0.29, 0.717) is 6.10 Å². The maximum atomic E-state index is 5.38. The molecule has 3 heteroatoms. The molecule has 0 aliphatic carbocycles. The molecule has 0 amide bonds. The maximum Gasteiger partial charge on any atom is 0.110 e. The van der Waals surface area contributed by atoms with E-state index in [9.17, 15) is 0 Å². The van der Waals surface area contributed by atoms with Crippen molar-refractivity contribution in [3.05, 3.63) is 0 Å². The van der Waals surface area contributed by atoms with Gasteiger partial charge in [0.1, 0.15) is 23.0 Å². The molecule has 54 valence electrons. The van der Waals surface area contributed by atoms with Gasteiger partial charge in [-0.2, -0.15) is 0 Å². The summed E-state index contributed by atoms with van der Waals surface area (Å²) in [4.78, 5) is 0. The average molecular weight is 242 g/mol. The number of rotatable bonds is 2. The molecule has 0 bridgehead atoms. The van der Waals surface area contributed by atoms with Gasteiger partial charge in [0.25, 0.3) is 0 Å². The molecule has 0 radical (unpaired) electrons. The van der Waals surface area contributed by atoms with Crippen LogP contribution in [0.1, 0.15) is 19.8 Å². The van der Waals surface area contributed by atoms with Crippen LogP contribution in [-0.2, 0) is 7.80 Å². The standard InChI is InChI=1S/C6H11IO2/c1-5(9-7)6-3-2-4-8-6/h5-6H,2-4H2,1H3. The molecule has 0 aromatic carbocycles. The van der Waals surface area contributed by atoms with Gasteiger partial charge in [-0.3, -0.25) is 0 Å². The van der Waals surface area contributed by atoms with Crippen molar-refractivity contribution in [2.75, 3.05) is 6.61 Å². The summed E-state index contributed by atoms with van der Waals surface area (Å²) in [5.74, 6) is 0. The predicted octanol–water partition coefficient (Wildman–Crippen LogP) is 1.92. The van der Waals surface area contributed by atoms with Crippen molar-refractivity contribution in [2.24, 2.45) is 0 Å². The number of ether oxygens (including phenoxy) is 1. The molecule has 1 fully saturated rings. The number of hydrogen-bond donors (Lipinski definition) is 0. The minimum Gasteiger partial charge on any atom is -0.375 e. The van der Waals surface area contributed by atoms with Crippen LogP contribution in [0.15, 0.2) is 0 Å². The van der Waals surface area contributed by atoms with Crippen LogP contribution < -0.4 is 0 Å². The third-order valence-corrected chi connectivity index (χ3v) is 2.43. The zero-order valence-electron chi connectivity index (χ0n) is 5.47. The van der Waals surface area contributed by atoms with Crippen LogP contribution in [0, 0.1) is 0 Å². The Morgan fingerprint density at radius 3 is 3.00 bits per heavy atom. The van der Waals surface area contributed by atoms with Gasteiger partial charge >= 0.3 is 0 Å². The summed E-state index contributed by atoms with van der Waals surface area (Å²) >= 11 is 1.92. The molecule has 0 aromatic heterocycles. The third kappa shape index (κ3) is 2.05. The highest BCUT2D eigenvalue weighted by Crippen LogP contribution is 2.18. The minimum absolute atomic E-state index is 0.257. The second-order valence-electron chi connectivity index (χ2n) is 2.35. The van der Waals surface area contributed by atoms with Crippen molar-refractivity contribution in [1.82, 2.24) is 0 Å². The van der Waals surface area contributed by atoms with E-state index in [4.69, 9.17) is 7.80 Å². The molecular formula is C6H11IO2. The van der Waals surface area contributed by atoms with E-state index in [2.05, 4.69) is 0 Å². The number of halogens is 1. The van der Waals surface area contributed by atoms with E-state index in [1.54, 1.807) is 0 Å². The molecule has 1 aliphatic heterocycles. The molecule has 9 heavy (non-hydrogen) atoms. The summed E-state index contributed by atoms with van der Waals surface area (Å²) in [7, 11) is 0. The lowest BCUT2D eigenvalue weighted by Gasteiger charge is -2.14. The van der Waals surface area contributed by atoms with Gasteiger partial charge in [-0.25, -0.2) is 0 Å². The van der Waals surface area contributed by atoms with E-state index in [0.717, 1.165) is 13.0 Å². The highest BCUT2D eigenvalue weighted by atomic mass is 127. The van der Waals surface area contributed by atoms with Crippen LogP contribution in [0.5, 0.6) is 0 Å². The molecule has 2 unspecified atom stereocenters. The van der Waals surface area contributed by atoms with Gasteiger partial charge < -0.3 is 7.80 Å². The molecule has 0 aromatic rings. The predicted molar refractivity (Wildman–Crippen MR) is 43.5 cm³/mol. The van der Waals surface area contributed by atoms with Gasteiger partial charge in [0.15, 0.2) is 0 Å². The van der Waals surface area contributed by atoms with Gasteiger partial charge in [0.05, 0.1) is 12.2 Å². The molecule has 0 N–H and O–H groups in total. The zero-order chi connectivity index (χ0) is 6.69. The maximum absolute atomic E-state index is 5.38. The highest BCUT2D eigenvalue weighted by Gasteiger charge is 2.21. The molecule has 0 spiro atoms. The smallest absolute Gasteiger partial charge is 0.110 e. The molecule has 1 saturated heterocycles. The first-order chi connectivity index (χ1) is 4.34. The van der Waals surface area contributed by atoms with Crippen molar-refractivity contribution < 1.29 is 7.80 Å². The first-order valence-electron chi connectivity index (χ1n) is 3.23. The molecule has 2 nitrogen and oxygen atoms in total. The summed E-state index contributed by atoms with van der Waals surface area (Å²) < 4.78 is 10.5. The summed E-state index contributed by atoms with van der Waals surface area (Å²) in [6.07, 6.45) is 2.95. The molecule has 1 rings (SSSR count). The first kappa shape index (κ1) is 7.75. The van der Waals surface area contributed by atoms with Gasteiger partial charge in [-0.1, -0.05) is 0 Å². The Hall–Kier alpha value is 0.650. The summed E-state index contributed by atoms with van der Waals surface area (Å²) in [6.45, 7) is 2.96. The van der Waals surface area contributed by atoms with E-state index < -0.39 is 0 Å². The summed E-state index contributed by atoms with van der Waals surface area (Å²) in [5.41, 5.74) is 0. The Morgan fingerprint density at radius 2 is 2.56 bits per heavy atom. The second kappa shape index (κ2) is 3.73. The molecular weight excluding hydrogens is 231 g/mol.